The van der Waals surface area contributed by atoms with Crippen molar-refractivity contribution in [2.45, 2.75) is 57.3 Å². The highest BCUT2D eigenvalue weighted by Gasteiger charge is 2.45. The van der Waals surface area contributed by atoms with Crippen molar-refractivity contribution in [3.05, 3.63) is 96.2 Å². The average molecular weight is 724 g/mol. The van der Waals surface area contributed by atoms with Crippen molar-refractivity contribution >= 4 is 92.0 Å². The number of nitrogens with one attached hydrogen (secondary N) is 2. The molecular formula is C33H29Cl6N5O. The summed E-state index contributed by atoms with van der Waals surface area (Å²) in [5, 5.41) is 20.8. The number of aliphatic hydroxyl groups is 1. The second-order valence-corrected chi connectivity index (χ2v) is 14.9. The van der Waals surface area contributed by atoms with Gasteiger partial charge < -0.3 is 20.3 Å². The molecule has 0 saturated carbocycles. The number of aliphatic hydroxyl groups excluding tert-OH is 1. The minimum Gasteiger partial charge on any atom is -0.389 e. The van der Waals surface area contributed by atoms with Crippen LogP contribution < -0.4 is 16.0 Å². The lowest BCUT2D eigenvalue weighted by Gasteiger charge is -2.48. The van der Waals surface area contributed by atoms with Gasteiger partial charge in [0.2, 0.25) is 0 Å². The van der Waals surface area contributed by atoms with Gasteiger partial charge in [0.1, 0.15) is 0 Å². The molecule has 3 aromatic carbocycles. The smallest absolute Gasteiger partial charge is 0.0940 e. The van der Waals surface area contributed by atoms with Crippen LogP contribution in [0.1, 0.15) is 34.1 Å². The lowest BCUT2D eigenvalue weighted by atomic mass is 9.77. The minimum atomic E-state index is -0.760. The van der Waals surface area contributed by atoms with Crippen LogP contribution in [0.5, 0.6) is 0 Å². The predicted octanol–water partition coefficient (Wildman–Crippen LogP) is 9.97. The van der Waals surface area contributed by atoms with Crippen LogP contribution in [-0.2, 0) is 0 Å². The fraction of sp³-hybridized carbons (Fsp3) is 0.273. The summed E-state index contributed by atoms with van der Waals surface area (Å²) in [5.74, 6) is 0. The summed E-state index contributed by atoms with van der Waals surface area (Å²) in [5.41, 5.74) is 4.08. The Morgan fingerprint density at radius 3 is 2.11 bits per heavy atom. The first-order valence-corrected chi connectivity index (χ1v) is 16.4. The SMILES string of the molecule is CC1(C)CC(N=c2cc3n(-c4cc(Cl)c(Cl)c(Cl)c4)c4ccccc4nc-3cc2Nc2cc(Cl)c(Cl)c(Cl)c2)C(O)C(C)(C)N1. The molecule has 0 aromatic heterocycles. The zero-order chi connectivity index (χ0) is 32.4. The summed E-state index contributed by atoms with van der Waals surface area (Å²) in [7, 11) is 0. The number of rotatable bonds is 4. The van der Waals surface area contributed by atoms with E-state index in [4.69, 9.17) is 79.6 Å². The number of para-hydroxylation sites is 2. The normalized spacial score (nSPS) is 19.8. The Labute approximate surface area is 291 Å². The molecule has 3 aromatic rings. The van der Waals surface area contributed by atoms with Crippen molar-refractivity contribution in [1.29, 1.82) is 0 Å². The molecule has 12 heteroatoms. The highest BCUT2D eigenvalue weighted by molar-refractivity contribution is 6.48. The molecule has 1 saturated heterocycles. The van der Waals surface area contributed by atoms with E-state index in [1.807, 2.05) is 54.8 Å². The van der Waals surface area contributed by atoms with E-state index in [0.717, 1.165) is 16.7 Å². The van der Waals surface area contributed by atoms with Crippen molar-refractivity contribution in [3.8, 4) is 17.1 Å². The van der Waals surface area contributed by atoms with Gasteiger partial charge in [-0.25, -0.2) is 4.98 Å². The summed E-state index contributed by atoms with van der Waals surface area (Å²) in [6.07, 6.45) is -0.157. The number of piperidine rings is 1. The van der Waals surface area contributed by atoms with Crippen LogP contribution in [0.4, 0.5) is 11.4 Å². The summed E-state index contributed by atoms with van der Waals surface area (Å²) >= 11 is 38.4. The van der Waals surface area contributed by atoms with Crippen molar-refractivity contribution in [3.63, 3.8) is 0 Å². The largest absolute Gasteiger partial charge is 0.389 e. The number of halogens is 6. The van der Waals surface area contributed by atoms with Crippen LogP contribution in [0, 0.1) is 0 Å². The molecule has 45 heavy (non-hydrogen) atoms. The van der Waals surface area contributed by atoms with Crippen molar-refractivity contribution in [1.82, 2.24) is 14.9 Å². The molecule has 3 N–H and O–H groups in total. The van der Waals surface area contributed by atoms with Gasteiger partial charge >= 0.3 is 0 Å². The molecule has 0 amide bonds. The highest BCUT2D eigenvalue weighted by atomic mass is 35.5. The first-order valence-electron chi connectivity index (χ1n) is 14.2. The van der Waals surface area contributed by atoms with Crippen molar-refractivity contribution < 1.29 is 5.11 Å². The van der Waals surface area contributed by atoms with Crippen LogP contribution in [0.15, 0.2) is 65.7 Å². The van der Waals surface area contributed by atoms with E-state index in [-0.39, 0.29) is 15.6 Å². The van der Waals surface area contributed by atoms with E-state index in [9.17, 15) is 5.11 Å². The molecule has 0 spiro atoms. The third-order valence-corrected chi connectivity index (χ3v) is 10.4. The third-order valence-electron chi connectivity index (χ3n) is 7.98. The second-order valence-electron chi connectivity index (χ2n) is 12.5. The Kier molecular flexibility index (Phi) is 8.77. The number of anilines is 2. The first-order chi connectivity index (χ1) is 21.1. The zero-order valence-corrected chi connectivity index (χ0v) is 29.2. The maximum absolute atomic E-state index is 11.5. The number of fused-ring (bicyclic) bond motifs is 2. The highest BCUT2D eigenvalue weighted by Crippen LogP contribution is 2.38. The van der Waals surface area contributed by atoms with E-state index >= 15 is 0 Å². The average Bonchev–Trinajstić information content (AvgIpc) is 2.95. The van der Waals surface area contributed by atoms with Gasteiger partial charge in [-0.05, 0) is 82.6 Å². The van der Waals surface area contributed by atoms with E-state index in [0.29, 0.717) is 54.6 Å². The maximum atomic E-state index is 11.5. The van der Waals surface area contributed by atoms with Gasteiger partial charge in [0.05, 0.1) is 75.7 Å². The Balaban J connectivity index is 1.67. The third kappa shape index (κ3) is 6.37. The van der Waals surface area contributed by atoms with Crippen LogP contribution in [0.25, 0.3) is 28.1 Å². The van der Waals surface area contributed by atoms with E-state index in [1.165, 1.54) is 0 Å². The zero-order valence-electron chi connectivity index (χ0n) is 24.7. The van der Waals surface area contributed by atoms with Gasteiger partial charge in [-0.15, -0.1) is 0 Å². The summed E-state index contributed by atoms with van der Waals surface area (Å²) < 4.78 is 2.03. The Morgan fingerprint density at radius 1 is 0.867 bits per heavy atom. The molecule has 0 bridgehead atoms. The number of nitrogens with zero attached hydrogens (tertiary/aromatic N) is 3. The van der Waals surface area contributed by atoms with Crippen LogP contribution >= 0.6 is 69.6 Å². The standard InChI is InChI=1S/C33H29Cl6N5O/c1-32(2)15-26(31(45)33(3,4)43-32)42-24-14-28-25(13-23(24)40-16-9-18(34)29(38)19(35)10-16)41-22-7-5-6-8-27(22)44(28)17-11-20(36)30(39)21(37)12-17/h5-14,26,31,40,43,45H,15H2,1-4H3. The molecule has 2 unspecified atom stereocenters. The van der Waals surface area contributed by atoms with E-state index in [2.05, 4.69) is 24.5 Å². The maximum Gasteiger partial charge on any atom is 0.0940 e. The van der Waals surface area contributed by atoms with Gasteiger partial charge in [0.15, 0.2) is 0 Å². The topological polar surface area (TPSA) is 74.5 Å². The van der Waals surface area contributed by atoms with Gasteiger partial charge in [-0.3, -0.25) is 4.99 Å². The van der Waals surface area contributed by atoms with Crippen molar-refractivity contribution in [2.24, 2.45) is 4.99 Å². The summed E-state index contributed by atoms with van der Waals surface area (Å²) in [6, 6.07) is 18.1. The van der Waals surface area contributed by atoms with Gasteiger partial charge in [-0.2, -0.15) is 0 Å². The molecule has 1 aliphatic carbocycles. The molecule has 0 radical (unpaired) electrons. The van der Waals surface area contributed by atoms with Gasteiger partial charge in [0.25, 0.3) is 0 Å². The molecule has 234 valence electrons. The monoisotopic (exact) mass is 721 g/mol. The van der Waals surface area contributed by atoms with Gasteiger partial charge in [-0.1, -0.05) is 81.7 Å². The van der Waals surface area contributed by atoms with Crippen LogP contribution in [0.2, 0.25) is 30.1 Å². The second kappa shape index (κ2) is 12.1. The van der Waals surface area contributed by atoms with E-state index in [1.54, 1.807) is 24.3 Å². The summed E-state index contributed by atoms with van der Waals surface area (Å²) in [4.78, 5) is 10.2. The quantitative estimate of drug-likeness (QED) is 0.128. The molecule has 2 aliphatic heterocycles. The molecule has 2 heterocycles. The lowest BCUT2D eigenvalue weighted by molar-refractivity contribution is -0.00243. The van der Waals surface area contributed by atoms with E-state index < -0.39 is 17.7 Å². The van der Waals surface area contributed by atoms with Crippen molar-refractivity contribution in [2.75, 3.05) is 5.32 Å². The fourth-order valence-corrected chi connectivity index (χ4v) is 7.37. The molecule has 6 nitrogen and oxygen atoms in total. The number of aromatic nitrogens is 2. The Bertz CT molecular complexity index is 1960. The fourth-order valence-electron chi connectivity index (χ4n) is 6.19. The lowest BCUT2D eigenvalue weighted by Crippen LogP contribution is -2.67. The molecular weight excluding hydrogens is 695 g/mol. The molecule has 1 fully saturated rings. The first kappa shape index (κ1) is 32.7. The Morgan fingerprint density at radius 2 is 1.47 bits per heavy atom. The van der Waals surface area contributed by atoms with Crippen LogP contribution in [0.3, 0.4) is 0 Å². The molecule has 3 aliphatic rings. The Hall–Kier alpha value is -2.26. The minimum absolute atomic E-state index is 0.268. The number of benzene rings is 4. The number of hydrogen-bond acceptors (Lipinski definition) is 5. The molecule has 2 atom stereocenters. The van der Waals surface area contributed by atoms with Crippen LogP contribution in [-0.4, -0.2) is 37.9 Å². The van der Waals surface area contributed by atoms with Gasteiger partial charge in [0, 0.05) is 22.5 Å². The summed E-state index contributed by atoms with van der Waals surface area (Å²) in [6.45, 7) is 8.18. The predicted molar refractivity (Wildman–Crippen MR) is 189 cm³/mol. The molecule has 6 rings (SSSR count). The number of hydrogen-bond donors (Lipinski definition) is 3.